The van der Waals surface area contributed by atoms with Gasteiger partial charge in [0.15, 0.2) is 0 Å². The topological polar surface area (TPSA) is 88.6 Å². The monoisotopic (exact) mass is 425 g/mol. The van der Waals surface area contributed by atoms with E-state index in [9.17, 15) is 13.2 Å². The minimum Gasteiger partial charge on any atom is -0.494 e. The molecule has 0 aliphatic heterocycles. The quantitative estimate of drug-likeness (QED) is 0.596. The summed E-state index contributed by atoms with van der Waals surface area (Å²) in [6.45, 7) is 2.80. The second-order valence-corrected chi connectivity index (χ2v) is 8.29. The molecule has 0 aliphatic carbocycles. The van der Waals surface area contributed by atoms with E-state index >= 15 is 0 Å². The summed E-state index contributed by atoms with van der Waals surface area (Å²) in [5.41, 5.74) is 1.63. The lowest BCUT2D eigenvalue weighted by molar-refractivity contribution is 0.0785. The number of ether oxygens (including phenoxy) is 1. The van der Waals surface area contributed by atoms with Crippen molar-refractivity contribution >= 4 is 21.6 Å². The van der Waals surface area contributed by atoms with E-state index in [2.05, 4.69) is 9.71 Å². The predicted molar refractivity (Wildman–Crippen MR) is 115 cm³/mol. The third kappa shape index (κ3) is 5.36. The number of hydrogen-bond donors (Lipinski definition) is 1. The van der Waals surface area contributed by atoms with E-state index in [1.54, 1.807) is 55.8 Å². The average molecular weight is 426 g/mol. The van der Waals surface area contributed by atoms with Crippen LogP contribution in [0.2, 0.25) is 0 Å². The zero-order valence-corrected chi connectivity index (χ0v) is 17.6. The largest absolute Gasteiger partial charge is 0.494 e. The predicted octanol–water partition coefficient (Wildman–Crippen LogP) is 3.55. The van der Waals surface area contributed by atoms with E-state index in [0.717, 1.165) is 5.56 Å². The Hall–Kier alpha value is -3.39. The molecule has 0 radical (unpaired) electrons. The molecular formula is C22H23N3O4S. The van der Waals surface area contributed by atoms with Gasteiger partial charge < -0.3 is 9.64 Å². The molecule has 0 fully saturated rings. The fourth-order valence-corrected chi connectivity index (χ4v) is 3.95. The van der Waals surface area contributed by atoms with Crippen LogP contribution >= 0.6 is 0 Å². The number of amides is 1. The van der Waals surface area contributed by atoms with Gasteiger partial charge in [-0.15, -0.1) is 0 Å². The van der Waals surface area contributed by atoms with E-state index < -0.39 is 10.0 Å². The van der Waals surface area contributed by atoms with Gasteiger partial charge in [-0.2, -0.15) is 0 Å². The second-order valence-electron chi connectivity index (χ2n) is 6.61. The summed E-state index contributed by atoms with van der Waals surface area (Å²) in [5, 5.41) is 0. The third-order valence-electron chi connectivity index (χ3n) is 4.32. The number of benzene rings is 2. The number of rotatable bonds is 8. The summed E-state index contributed by atoms with van der Waals surface area (Å²) in [7, 11) is -2.18. The van der Waals surface area contributed by atoms with Crippen LogP contribution in [0.5, 0.6) is 5.75 Å². The molecule has 3 aromatic rings. The van der Waals surface area contributed by atoms with Crippen LogP contribution in [0.3, 0.4) is 0 Å². The first kappa shape index (κ1) is 21.3. The fraction of sp³-hybridized carbons (Fsp3) is 0.182. The maximum absolute atomic E-state index is 12.8. The molecule has 156 valence electrons. The molecular weight excluding hydrogens is 402 g/mol. The molecule has 30 heavy (non-hydrogen) atoms. The maximum atomic E-state index is 12.8. The van der Waals surface area contributed by atoms with Gasteiger partial charge in [-0.3, -0.25) is 14.5 Å². The Kier molecular flexibility index (Phi) is 6.68. The van der Waals surface area contributed by atoms with Crippen LogP contribution in [0.25, 0.3) is 0 Å². The standard InChI is InChI=1S/C22H23N3O4S/c1-3-29-20-9-7-19(8-10-20)24-30(27,28)21-6-4-5-18(15-21)22(26)25(2)16-17-11-13-23-14-12-17/h4-15,24H,3,16H2,1-2H3. The summed E-state index contributed by atoms with van der Waals surface area (Å²) in [6, 6.07) is 16.3. The molecule has 1 aromatic heterocycles. The Labute approximate surface area is 176 Å². The number of sulfonamides is 1. The molecule has 7 nitrogen and oxygen atoms in total. The number of nitrogens with zero attached hydrogens (tertiary/aromatic N) is 2. The normalized spacial score (nSPS) is 11.0. The highest BCUT2D eigenvalue weighted by atomic mass is 32.2. The molecule has 0 atom stereocenters. The number of nitrogens with one attached hydrogen (secondary N) is 1. The Morgan fingerprint density at radius 1 is 1.07 bits per heavy atom. The van der Waals surface area contributed by atoms with Gasteiger partial charge in [-0.05, 0) is 67.1 Å². The molecule has 3 rings (SSSR count). The van der Waals surface area contributed by atoms with E-state index in [1.165, 1.54) is 17.0 Å². The molecule has 0 saturated heterocycles. The lowest BCUT2D eigenvalue weighted by Gasteiger charge is -2.18. The molecule has 0 bridgehead atoms. The van der Waals surface area contributed by atoms with Crippen LogP contribution in [0.1, 0.15) is 22.8 Å². The highest BCUT2D eigenvalue weighted by Crippen LogP contribution is 2.21. The second kappa shape index (κ2) is 9.41. The summed E-state index contributed by atoms with van der Waals surface area (Å²) < 4.78 is 33.4. The Bertz CT molecular complexity index is 1100. The van der Waals surface area contributed by atoms with Crippen LogP contribution in [0, 0.1) is 0 Å². The average Bonchev–Trinajstić information content (AvgIpc) is 2.75. The molecule has 1 N–H and O–H groups in total. The number of carbonyl (C=O) groups is 1. The van der Waals surface area contributed by atoms with Gasteiger partial charge in [0.1, 0.15) is 5.75 Å². The van der Waals surface area contributed by atoms with Crippen LogP contribution in [-0.2, 0) is 16.6 Å². The molecule has 0 unspecified atom stereocenters. The molecule has 0 aliphatic rings. The number of hydrogen-bond acceptors (Lipinski definition) is 5. The van der Waals surface area contributed by atoms with Gasteiger partial charge in [-0.1, -0.05) is 6.07 Å². The zero-order chi connectivity index (χ0) is 21.6. The smallest absolute Gasteiger partial charge is 0.261 e. The SMILES string of the molecule is CCOc1ccc(NS(=O)(=O)c2cccc(C(=O)N(C)Cc3ccncc3)c2)cc1. The first-order valence-electron chi connectivity index (χ1n) is 9.39. The maximum Gasteiger partial charge on any atom is 0.261 e. The van der Waals surface area contributed by atoms with Crippen molar-refractivity contribution in [2.24, 2.45) is 0 Å². The fourth-order valence-electron chi connectivity index (χ4n) is 2.85. The van der Waals surface area contributed by atoms with Crippen LogP contribution < -0.4 is 9.46 Å². The van der Waals surface area contributed by atoms with Gasteiger partial charge in [-0.25, -0.2) is 8.42 Å². The van der Waals surface area contributed by atoms with Crippen molar-refractivity contribution < 1.29 is 17.9 Å². The third-order valence-corrected chi connectivity index (χ3v) is 5.70. The molecule has 1 heterocycles. The zero-order valence-electron chi connectivity index (χ0n) is 16.8. The number of carbonyl (C=O) groups excluding carboxylic acids is 1. The van der Waals surface area contributed by atoms with Crippen molar-refractivity contribution in [2.75, 3.05) is 18.4 Å². The van der Waals surface area contributed by atoms with Crippen LogP contribution in [0.15, 0.2) is 78.0 Å². The van der Waals surface area contributed by atoms with E-state index in [-0.39, 0.29) is 10.8 Å². The van der Waals surface area contributed by atoms with E-state index in [0.29, 0.717) is 30.2 Å². The van der Waals surface area contributed by atoms with E-state index in [1.807, 2.05) is 19.1 Å². The molecule has 0 saturated carbocycles. The van der Waals surface area contributed by atoms with Crippen molar-refractivity contribution in [3.63, 3.8) is 0 Å². The minimum atomic E-state index is -3.85. The molecule has 0 spiro atoms. The Morgan fingerprint density at radius 2 is 1.77 bits per heavy atom. The van der Waals surface area contributed by atoms with Crippen molar-refractivity contribution in [3.8, 4) is 5.75 Å². The highest BCUT2D eigenvalue weighted by molar-refractivity contribution is 7.92. The van der Waals surface area contributed by atoms with Gasteiger partial charge in [0, 0.05) is 37.2 Å². The van der Waals surface area contributed by atoms with Crippen LogP contribution in [-0.4, -0.2) is 37.9 Å². The summed E-state index contributed by atoms with van der Waals surface area (Å²) in [6.07, 6.45) is 3.32. The lowest BCUT2D eigenvalue weighted by atomic mass is 10.2. The first-order chi connectivity index (χ1) is 14.4. The van der Waals surface area contributed by atoms with Gasteiger partial charge in [0.2, 0.25) is 0 Å². The number of aromatic nitrogens is 1. The number of anilines is 1. The van der Waals surface area contributed by atoms with Crippen LogP contribution in [0.4, 0.5) is 5.69 Å². The minimum absolute atomic E-state index is 0.0135. The summed E-state index contributed by atoms with van der Waals surface area (Å²) in [4.78, 5) is 18.3. The molecule has 2 aromatic carbocycles. The Balaban J connectivity index is 1.75. The molecule has 8 heteroatoms. The summed E-state index contributed by atoms with van der Waals surface area (Å²) in [5.74, 6) is 0.384. The van der Waals surface area contributed by atoms with Gasteiger partial charge >= 0.3 is 0 Å². The van der Waals surface area contributed by atoms with Crippen molar-refractivity contribution in [1.82, 2.24) is 9.88 Å². The van der Waals surface area contributed by atoms with E-state index in [4.69, 9.17) is 4.74 Å². The first-order valence-corrected chi connectivity index (χ1v) is 10.9. The summed E-state index contributed by atoms with van der Waals surface area (Å²) >= 11 is 0. The lowest BCUT2D eigenvalue weighted by Crippen LogP contribution is -2.26. The van der Waals surface area contributed by atoms with Gasteiger partial charge in [0.25, 0.3) is 15.9 Å². The highest BCUT2D eigenvalue weighted by Gasteiger charge is 2.18. The Morgan fingerprint density at radius 3 is 2.43 bits per heavy atom. The van der Waals surface area contributed by atoms with Crippen molar-refractivity contribution in [3.05, 3.63) is 84.2 Å². The van der Waals surface area contributed by atoms with Gasteiger partial charge in [0.05, 0.1) is 11.5 Å². The number of pyridine rings is 1. The van der Waals surface area contributed by atoms with Crippen molar-refractivity contribution in [2.45, 2.75) is 18.4 Å². The van der Waals surface area contributed by atoms with Crippen molar-refractivity contribution in [1.29, 1.82) is 0 Å². The molecule has 1 amide bonds.